The van der Waals surface area contributed by atoms with Gasteiger partial charge in [0.1, 0.15) is 16.8 Å². The van der Waals surface area contributed by atoms with Crippen LogP contribution in [0.15, 0.2) is 0 Å². The smallest absolute Gasteiger partial charge is 0.217 e. The van der Waals surface area contributed by atoms with E-state index in [4.69, 9.17) is 11.6 Å². The molecule has 1 fully saturated rings. The van der Waals surface area contributed by atoms with Gasteiger partial charge in [0.2, 0.25) is 5.91 Å². The molecule has 1 saturated heterocycles. The number of carbonyl (C=O) groups is 1. The molecular weight excluding hydrogens is 276 g/mol. The quantitative estimate of drug-likeness (QED) is 0.865. The average Bonchev–Trinajstić information content (AvgIpc) is 2.81. The first-order chi connectivity index (χ1) is 9.51. The van der Waals surface area contributed by atoms with Crippen molar-refractivity contribution in [2.75, 3.05) is 18.0 Å². The summed E-state index contributed by atoms with van der Waals surface area (Å²) in [6, 6.07) is 0.190. The minimum Gasteiger partial charge on any atom is -0.354 e. The lowest BCUT2D eigenvalue weighted by atomic mass is 10.2. The molecular formula is C14H21ClN4O. The summed E-state index contributed by atoms with van der Waals surface area (Å²) in [6.07, 6.45) is 2.76. The predicted molar refractivity (Wildman–Crippen MR) is 80.2 cm³/mol. The first-order valence-electron chi connectivity index (χ1n) is 7.06. The van der Waals surface area contributed by atoms with Crippen LogP contribution >= 0.6 is 11.6 Å². The maximum atomic E-state index is 11.1. The number of hydrogen-bond acceptors (Lipinski definition) is 4. The zero-order valence-electron chi connectivity index (χ0n) is 12.2. The molecule has 1 N–H and O–H groups in total. The van der Waals surface area contributed by atoms with Crippen molar-refractivity contribution in [3.8, 4) is 0 Å². The number of nitrogens with zero attached hydrogens (tertiary/aromatic N) is 3. The van der Waals surface area contributed by atoms with Crippen LogP contribution in [0.5, 0.6) is 0 Å². The molecule has 0 aliphatic carbocycles. The Morgan fingerprint density at radius 3 is 2.90 bits per heavy atom. The molecule has 0 bridgehead atoms. The van der Waals surface area contributed by atoms with Crippen LogP contribution in [0.2, 0.25) is 5.15 Å². The van der Waals surface area contributed by atoms with Crippen molar-refractivity contribution in [3.63, 3.8) is 0 Å². The van der Waals surface area contributed by atoms with Crippen molar-refractivity contribution in [1.29, 1.82) is 0 Å². The van der Waals surface area contributed by atoms with Gasteiger partial charge in [-0.3, -0.25) is 4.79 Å². The summed E-state index contributed by atoms with van der Waals surface area (Å²) in [5.74, 6) is 1.71. The second kappa shape index (κ2) is 6.39. The van der Waals surface area contributed by atoms with Gasteiger partial charge in [0.05, 0.1) is 0 Å². The lowest BCUT2D eigenvalue weighted by Gasteiger charge is -2.21. The van der Waals surface area contributed by atoms with Crippen LogP contribution in [0.3, 0.4) is 0 Å². The number of aryl methyl sites for hydroxylation is 1. The fourth-order valence-electron chi connectivity index (χ4n) is 2.52. The molecule has 20 heavy (non-hydrogen) atoms. The average molecular weight is 297 g/mol. The number of halogens is 1. The van der Waals surface area contributed by atoms with Crippen LogP contribution in [-0.4, -0.2) is 35.0 Å². The number of amides is 1. The summed E-state index contributed by atoms with van der Waals surface area (Å²) >= 11 is 6.21. The molecule has 1 amide bonds. The standard InChI is InChI=1S/C14H21ClN4O/c1-4-5-12-17-13(15)9(2)14(18-12)19-7-6-11(8-19)16-10(3)20/h11H,4-8H2,1-3H3,(H,16,20). The monoisotopic (exact) mass is 296 g/mol. The Balaban J connectivity index is 2.18. The van der Waals surface area contributed by atoms with Crippen LogP contribution in [-0.2, 0) is 11.2 Å². The number of rotatable bonds is 4. The van der Waals surface area contributed by atoms with Crippen molar-refractivity contribution in [3.05, 3.63) is 16.5 Å². The van der Waals surface area contributed by atoms with Crippen molar-refractivity contribution in [2.45, 2.75) is 46.1 Å². The Bertz CT molecular complexity index is 506. The molecule has 1 aliphatic heterocycles. The summed E-state index contributed by atoms with van der Waals surface area (Å²) in [4.78, 5) is 22.3. The Morgan fingerprint density at radius 1 is 1.50 bits per heavy atom. The van der Waals surface area contributed by atoms with Crippen LogP contribution in [0.1, 0.15) is 38.1 Å². The second-order valence-corrected chi connectivity index (χ2v) is 5.62. The molecule has 1 aliphatic rings. The Morgan fingerprint density at radius 2 is 2.25 bits per heavy atom. The molecule has 0 saturated carbocycles. The van der Waals surface area contributed by atoms with Crippen LogP contribution in [0, 0.1) is 6.92 Å². The van der Waals surface area contributed by atoms with Gasteiger partial charge in [-0.15, -0.1) is 0 Å². The summed E-state index contributed by atoms with van der Waals surface area (Å²) < 4.78 is 0. The van der Waals surface area contributed by atoms with Crippen molar-refractivity contribution < 1.29 is 4.79 Å². The molecule has 0 aromatic carbocycles. The van der Waals surface area contributed by atoms with E-state index in [0.29, 0.717) is 5.15 Å². The second-order valence-electron chi connectivity index (χ2n) is 5.26. The summed E-state index contributed by atoms with van der Waals surface area (Å²) in [7, 11) is 0. The molecule has 110 valence electrons. The maximum Gasteiger partial charge on any atom is 0.217 e. The van der Waals surface area contributed by atoms with Crippen molar-refractivity contribution in [1.82, 2.24) is 15.3 Å². The molecule has 0 spiro atoms. The first kappa shape index (κ1) is 15.0. The number of aromatic nitrogens is 2. The Kier molecular flexibility index (Phi) is 4.81. The Hall–Kier alpha value is -1.36. The zero-order valence-corrected chi connectivity index (χ0v) is 13.0. The van der Waals surface area contributed by atoms with Crippen LogP contribution < -0.4 is 10.2 Å². The van der Waals surface area contributed by atoms with Gasteiger partial charge in [-0.05, 0) is 19.8 Å². The lowest BCUT2D eigenvalue weighted by molar-refractivity contribution is -0.119. The maximum absolute atomic E-state index is 11.1. The normalized spacial score (nSPS) is 18.4. The molecule has 1 unspecified atom stereocenters. The summed E-state index contributed by atoms with van der Waals surface area (Å²) in [5, 5.41) is 3.49. The molecule has 1 atom stereocenters. The molecule has 0 radical (unpaired) electrons. The SMILES string of the molecule is CCCc1nc(Cl)c(C)c(N2CCC(NC(C)=O)C2)n1. The van der Waals surface area contributed by atoms with E-state index < -0.39 is 0 Å². The minimum atomic E-state index is 0.0148. The lowest BCUT2D eigenvalue weighted by Crippen LogP contribution is -2.36. The largest absolute Gasteiger partial charge is 0.354 e. The highest BCUT2D eigenvalue weighted by atomic mass is 35.5. The highest BCUT2D eigenvalue weighted by molar-refractivity contribution is 6.30. The van der Waals surface area contributed by atoms with Crippen LogP contribution in [0.25, 0.3) is 0 Å². The predicted octanol–water partition coefficient (Wildman–Crippen LogP) is 2.11. The Labute approximate surface area is 124 Å². The highest BCUT2D eigenvalue weighted by Crippen LogP contribution is 2.26. The molecule has 2 heterocycles. The number of carbonyl (C=O) groups excluding carboxylic acids is 1. The van der Waals surface area contributed by atoms with E-state index in [2.05, 4.69) is 27.1 Å². The van der Waals surface area contributed by atoms with Gasteiger partial charge in [0, 0.05) is 38.0 Å². The van der Waals surface area contributed by atoms with E-state index in [9.17, 15) is 4.79 Å². The molecule has 2 rings (SSSR count). The fourth-order valence-corrected chi connectivity index (χ4v) is 2.70. The van der Waals surface area contributed by atoms with E-state index in [0.717, 1.165) is 49.6 Å². The third-order valence-corrected chi connectivity index (χ3v) is 3.84. The third kappa shape index (κ3) is 3.39. The van der Waals surface area contributed by atoms with Gasteiger partial charge >= 0.3 is 0 Å². The minimum absolute atomic E-state index is 0.0148. The van der Waals surface area contributed by atoms with Gasteiger partial charge in [-0.1, -0.05) is 18.5 Å². The fraction of sp³-hybridized carbons (Fsp3) is 0.643. The molecule has 1 aromatic rings. The van der Waals surface area contributed by atoms with E-state index in [1.54, 1.807) is 6.92 Å². The van der Waals surface area contributed by atoms with Gasteiger partial charge in [-0.2, -0.15) is 0 Å². The van der Waals surface area contributed by atoms with Crippen LogP contribution in [0.4, 0.5) is 5.82 Å². The number of anilines is 1. The molecule has 6 heteroatoms. The van der Waals surface area contributed by atoms with Gasteiger partial charge in [0.15, 0.2) is 0 Å². The molecule has 1 aromatic heterocycles. The van der Waals surface area contributed by atoms with Crippen molar-refractivity contribution in [2.24, 2.45) is 0 Å². The third-order valence-electron chi connectivity index (χ3n) is 3.48. The highest BCUT2D eigenvalue weighted by Gasteiger charge is 2.26. The topological polar surface area (TPSA) is 58.1 Å². The summed E-state index contributed by atoms with van der Waals surface area (Å²) in [6.45, 7) is 7.25. The number of nitrogens with one attached hydrogen (secondary N) is 1. The van der Waals surface area contributed by atoms with E-state index in [-0.39, 0.29) is 11.9 Å². The number of hydrogen-bond donors (Lipinski definition) is 1. The zero-order chi connectivity index (χ0) is 14.7. The van der Waals surface area contributed by atoms with Gasteiger partial charge in [-0.25, -0.2) is 9.97 Å². The van der Waals surface area contributed by atoms with E-state index >= 15 is 0 Å². The molecule has 5 nitrogen and oxygen atoms in total. The van der Waals surface area contributed by atoms with E-state index in [1.807, 2.05) is 6.92 Å². The van der Waals surface area contributed by atoms with Gasteiger partial charge < -0.3 is 10.2 Å². The first-order valence-corrected chi connectivity index (χ1v) is 7.44. The van der Waals surface area contributed by atoms with Crippen molar-refractivity contribution >= 4 is 23.3 Å². The van der Waals surface area contributed by atoms with Gasteiger partial charge in [0.25, 0.3) is 0 Å². The summed E-state index contributed by atoms with van der Waals surface area (Å²) in [5.41, 5.74) is 0.912. The van der Waals surface area contributed by atoms with E-state index in [1.165, 1.54) is 0 Å².